The predicted molar refractivity (Wildman–Crippen MR) is 148 cm³/mol. The Labute approximate surface area is 225 Å². The van der Waals surface area contributed by atoms with E-state index in [0.29, 0.717) is 28.8 Å². The number of carbonyl (C=O) groups is 1. The topological polar surface area (TPSA) is 55.7 Å². The molecule has 2 aromatic carbocycles. The zero-order valence-corrected chi connectivity index (χ0v) is 22.4. The zero-order chi connectivity index (χ0) is 25.5. The Hall–Kier alpha value is -3.42. The standard InChI is InChI=1S/C29H28ClN3O3S/c1-35-24-13-12-20(16-25(24)36-2)31-29(34)33-17-22-21-9-3-4-11-26(21)37-28(22)32-14-6-10-23(32)27(33)18-7-5-8-19(30)15-18/h5-8,10,12-16,27H,3-4,9,11,17H2,1-2H3,(H,31,34)/t27-/m1/s1. The molecule has 0 unspecified atom stereocenters. The lowest BCUT2D eigenvalue weighted by Gasteiger charge is -2.31. The molecular formula is C29H28ClN3O3S. The molecule has 6 rings (SSSR count). The Balaban J connectivity index is 1.47. The van der Waals surface area contributed by atoms with E-state index in [-0.39, 0.29) is 12.1 Å². The number of aryl methyl sites for hydroxylation is 1. The molecule has 1 aliphatic carbocycles. The van der Waals surface area contributed by atoms with E-state index < -0.39 is 0 Å². The highest BCUT2D eigenvalue weighted by Crippen LogP contribution is 2.44. The summed E-state index contributed by atoms with van der Waals surface area (Å²) in [6, 6.07) is 16.9. The van der Waals surface area contributed by atoms with Gasteiger partial charge in [0, 0.05) is 33.4 Å². The lowest BCUT2D eigenvalue weighted by Crippen LogP contribution is -2.38. The molecule has 0 fully saturated rings. The van der Waals surface area contributed by atoms with Crippen LogP contribution < -0.4 is 14.8 Å². The lowest BCUT2D eigenvalue weighted by atomic mass is 9.95. The summed E-state index contributed by atoms with van der Waals surface area (Å²) in [4.78, 5) is 17.5. The van der Waals surface area contributed by atoms with Crippen molar-refractivity contribution in [2.45, 2.75) is 38.3 Å². The molecule has 37 heavy (non-hydrogen) atoms. The number of halogens is 1. The van der Waals surface area contributed by atoms with Crippen LogP contribution in [0.25, 0.3) is 5.00 Å². The van der Waals surface area contributed by atoms with Gasteiger partial charge in [-0.2, -0.15) is 0 Å². The first-order valence-corrected chi connectivity index (χ1v) is 13.6. The number of nitrogens with zero attached hydrogens (tertiary/aromatic N) is 2. The number of methoxy groups -OCH3 is 2. The first kappa shape index (κ1) is 23.9. The van der Waals surface area contributed by atoms with Gasteiger partial charge in [0.25, 0.3) is 0 Å². The van der Waals surface area contributed by atoms with Crippen LogP contribution in [0.5, 0.6) is 11.5 Å². The van der Waals surface area contributed by atoms with Crippen molar-refractivity contribution in [3.8, 4) is 16.5 Å². The molecule has 0 saturated heterocycles. The highest BCUT2D eigenvalue weighted by molar-refractivity contribution is 7.15. The number of urea groups is 1. The van der Waals surface area contributed by atoms with Crippen molar-refractivity contribution in [2.75, 3.05) is 19.5 Å². The summed E-state index contributed by atoms with van der Waals surface area (Å²) in [6.45, 7) is 0.513. The van der Waals surface area contributed by atoms with E-state index in [9.17, 15) is 4.79 Å². The summed E-state index contributed by atoms with van der Waals surface area (Å²) in [5.41, 5.74) is 5.33. The average molecular weight is 534 g/mol. The fourth-order valence-corrected chi connectivity index (χ4v) is 7.13. The zero-order valence-electron chi connectivity index (χ0n) is 20.8. The van der Waals surface area contributed by atoms with Crippen LogP contribution in [-0.2, 0) is 19.4 Å². The van der Waals surface area contributed by atoms with Gasteiger partial charge in [-0.05, 0) is 73.2 Å². The number of ether oxygens (including phenoxy) is 2. The normalized spacial score (nSPS) is 16.3. The minimum atomic E-state index is -0.312. The SMILES string of the molecule is COc1ccc(NC(=O)N2Cc3c(sc4c3CCCC4)-n3cccc3[C@H]2c2cccc(Cl)c2)cc1OC. The molecule has 4 aromatic rings. The van der Waals surface area contributed by atoms with Gasteiger partial charge in [0.1, 0.15) is 5.00 Å². The van der Waals surface area contributed by atoms with Crippen molar-refractivity contribution in [2.24, 2.45) is 0 Å². The monoisotopic (exact) mass is 533 g/mol. The lowest BCUT2D eigenvalue weighted by molar-refractivity contribution is 0.194. The van der Waals surface area contributed by atoms with Gasteiger partial charge in [0.15, 0.2) is 11.5 Å². The van der Waals surface area contributed by atoms with Crippen LogP contribution in [0.4, 0.5) is 10.5 Å². The molecule has 0 spiro atoms. The Bertz CT molecular complexity index is 1480. The molecule has 3 heterocycles. The second-order valence-corrected chi connectivity index (χ2v) is 10.9. The Morgan fingerprint density at radius 3 is 2.65 bits per heavy atom. The number of hydrogen-bond donors (Lipinski definition) is 1. The van der Waals surface area contributed by atoms with E-state index in [4.69, 9.17) is 21.1 Å². The molecule has 2 aromatic heterocycles. The van der Waals surface area contributed by atoms with Crippen LogP contribution in [0.15, 0.2) is 60.8 Å². The van der Waals surface area contributed by atoms with Crippen molar-refractivity contribution in [1.82, 2.24) is 9.47 Å². The number of benzene rings is 2. The highest BCUT2D eigenvalue weighted by Gasteiger charge is 2.36. The van der Waals surface area contributed by atoms with Gasteiger partial charge in [-0.3, -0.25) is 0 Å². The summed E-state index contributed by atoms with van der Waals surface area (Å²) < 4.78 is 13.1. The fraction of sp³-hybridized carbons (Fsp3) is 0.276. The number of fused-ring (bicyclic) bond motifs is 5. The number of amides is 2. The number of thiophene rings is 1. The highest BCUT2D eigenvalue weighted by atomic mass is 35.5. The fourth-order valence-electron chi connectivity index (χ4n) is 5.52. The second-order valence-electron chi connectivity index (χ2n) is 9.38. The van der Waals surface area contributed by atoms with Crippen LogP contribution in [0.1, 0.15) is 46.1 Å². The molecule has 0 saturated carbocycles. The molecule has 6 nitrogen and oxygen atoms in total. The first-order valence-electron chi connectivity index (χ1n) is 12.4. The summed E-state index contributed by atoms with van der Waals surface area (Å²) in [6.07, 6.45) is 6.69. The van der Waals surface area contributed by atoms with Crippen LogP contribution in [0.2, 0.25) is 5.02 Å². The number of anilines is 1. The molecule has 1 aliphatic heterocycles. The number of rotatable bonds is 4. The molecular weight excluding hydrogens is 506 g/mol. The molecule has 0 bridgehead atoms. The van der Waals surface area contributed by atoms with Gasteiger partial charge < -0.3 is 24.3 Å². The molecule has 1 atom stereocenters. The number of aromatic nitrogens is 1. The molecule has 2 amide bonds. The maximum absolute atomic E-state index is 14.1. The van der Waals surface area contributed by atoms with E-state index in [1.54, 1.807) is 26.4 Å². The summed E-state index contributed by atoms with van der Waals surface area (Å²) in [5, 5.41) is 4.99. The van der Waals surface area contributed by atoms with E-state index in [0.717, 1.165) is 24.1 Å². The minimum absolute atomic E-state index is 0.187. The largest absolute Gasteiger partial charge is 0.493 e. The van der Waals surface area contributed by atoms with Crippen LogP contribution in [-0.4, -0.2) is 29.7 Å². The van der Waals surface area contributed by atoms with Crippen molar-refractivity contribution in [3.05, 3.63) is 93.1 Å². The third-order valence-corrected chi connectivity index (χ3v) is 8.81. The van der Waals surface area contributed by atoms with Crippen LogP contribution in [0.3, 0.4) is 0 Å². The maximum Gasteiger partial charge on any atom is 0.322 e. The van der Waals surface area contributed by atoms with Crippen molar-refractivity contribution in [1.29, 1.82) is 0 Å². The first-order chi connectivity index (χ1) is 18.1. The van der Waals surface area contributed by atoms with E-state index >= 15 is 0 Å². The van der Waals surface area contributed by atoms with Crippen molar-refractivity contribution >= 4 is 34.7 Å². The number of carbonyl (C=O) groups excluding carboxylic acids is 1. The van der Waals surface area contributed by atoms with E-state index in [1.165, 1.54) is 33.8 Å². The maximum atomic E-state index is 14.1. The van der Waals surface area contributed by atoms with Gasteiger partial charge in [-0.25, -0.2) is 4.79 Å². The van der Waals surface area contributed by atoms with Gasteiger partial charge in [-0.15, -0.1) is 11.3 Å². The van der Waals surface area contributed by atoms with E-state index in [2.05, 4.69) is 28.2 Å². The average Bonchev–Trinajstić information content (AvgIpc) is 3.50. The Morgan fingerprint density at radius 1 is 1.00 bits per heavy atom. The molecule has 8 heteroatoms. The van der Waals surface area contributed by atoms with E-state index in [1.807, 2.05) is 46.6 Å². The van der Waals surface area contributed by atoms with Crippen LogP contribution >= 0.6 is 22.9 Å². The predicted octanol–water partition coefficient (Wildman–Crippen LogP) is 7.23. The third-order valence-electron chi connectivity index (χ3n) is 7.24. The molecule has 2 aliphatic rings. The molecule has 190 valence electrons. The Kier molecular flexibility index (Phi) is 6.34. The number of hydrogen-bond acceptors (Lipinski definition) is 4. The van der Waals surface area contributed by atoms with Gasteiger partial charge in [-0.1, -0.05) is 23.7 Å². The Morgan fingerprint density at radius 2 is 1.84 bits per heavy atom. The summed E-state index contributed by atoms with van der Waals surface area (Å²) in [5.74, 6) is 1.17. The molecule has 1 N–H and O–H groups in total. The summed E-state index contributed by atoms with van der Waals surface area (Å²) >= 11 is 8.31. The quantitative estimate of drug-likeness (QED) is 0.301. The number of nitrogens with one attached hydrogen (secondary N) is 1. The molecule has 0 radical (unpaired) electrons. The smallest absolute Gasteiger partial charge is 0.322 e. The van der Waals surface area contributed by atoms with Gasteiger partial charge in [0.05, 0.1) is 32.5 Å². The van der Waals surface area contributed by atoms with Crippen molar-refractivity contribution in [3.63, 3.8) is 0 Å². The summed E-state index contributed by atoms with van der Waals surface area (Å²) in [7, 11) is 3.18. The third kappa shape index (κ3) is 4.26. The van der Waals surface area contributed by atoms with Gasteiger partial charge >= 0.3 is 6.03 Å². The minimum Gasteiger partial charge on any atom is -0.493 e. The second kappa shape index (κ2) is 9.80. The van der Waals surface area contributed by atoms with Gasteiger partial charge in [0.2, 0.25) is 0 Å². The van der Waals surface area contributed by atoms with Crippen molar-refractivity contribution < 1.29 is 14.3 Å². The van der Waals surface area contributed by atoms with Crippen LogP contribution in [0, 0.1) is 0 Å².